The monoisotopic (exact) mass is 139 g/mol. The zero-order chi connectivity index (χ0) is 8.20. The Labute approximate surface area is 61.8 Å². The maximum absolute atomic E-state index is 11.0. The van der Waals surface area contributed by atoms with Gasteiger partial charge in [0.15, 0.2) is 5.78 Å². The van der Waals surface area contributed by atoms with E-state index in [-0.39, 0.29) is 12.2 Å². The number of nitrogens with two attached hydrogens (primary N) is 1. The van der Waals surface area contributed by atoms with Gasteiger partial charge in [0.05, 0.1) is 12.0 Å². The summed E-state index contributed by atoms with van der Waals surface area (Å²) in [6.07, 6.45) is 0.264. The normalized spacial score (nSPS) is 10.0. The van der Waals surface area contributed by atoms with Gasteiger partial charge in [-0.05, 0) is 20.8 Å². The molecule has 0 radical (unpaired) electrons. The molecule has 2 N–H and O–H groups in total. The lowest BCUT2D eigenvalue weighted by Crippen LogP contribution is -2.41. The highest BCUT2D eigenvalue weighted by atomic mass is 16.1. The first-order valence-electron chi connectivity index (χ1n) is 3.20. The van der Waals surface area contributed by atoms with Crippen molar-refractivity contribution in [1.29, 1.82) is 0 Å². The van der Waals surface area contributed by atoms with Crippen LogP contribution in [0.4, 0.5) is 0 Å². The maximum atomic E-state index is 11.0. The molecule has 2 heteroatoms. The van der Waals surface area contributed by atoms with E-state index in [0.717, 1.165) is 0 Å². The van der Waals surface area contributed by atoms with Crippen molar-refractivity contribution in [1.82, 2.24) is 0 Å². The molecule has 0 atom stereocenters. The minimum Gasteiger partial charge on any atom is -0.319 e. The van der Waals surface area contributed by atoms with Gasteiger partial charge in [-0.25, -0.2) is 0 Å². The summed E-state index contributed by atoms with van der Waals surface area (Å²) in [5, 5.41) is 0. The van der Waals surface area contributed by atoms with Crippen LogP contribution in [0.1, 0.15) is 27.2 Å². The third kappa shape index (κ3) is 3.26. The van der Waals surface area contributed by atoms with Crippen molar-refractivity contribution in [2.24, 2.45) is 5.73 Å². The summed E-state index contributed by atoms with van der Waals surface area (Å²) in [7, 11) is 0. The molecule has 0 aliphatic carbocycles. The van der Waals surface area contributed by atoms with Gasteiger partial charge in [-0.2, -0.15) is 0 Å². The van der Waals surface area contributed by atoms with Crippen molar-refractivity contribution in [3.05, 3.63) is 0 Å². The SMILES string of the molecule is CC#CCC(=O)C(C)(C)N. The van der Waals surface area contributed by atoms with Crippen molar-refractivity contribution < 1.29 is 4.79 Å². The van der Waals surface area contributed by atoms with Crippen LogP contribution in [-0.2, 0) is 4.79 Å². The molecule has 56 valence electrons. The highest BCUT2D eigenvalue weighted by Gasteiger charge is 2.19. The highest BCUT2D eigenvalue weighted by Crippen LogP contribution is 2.00. The molecule has 0 amide bonds. The molecule has 0 aliphatic heterocycles. The van der Waals surface area contributed by atoms with Crippen LogP contribution in [0.5, 0.6) is 0 Å². The predicted octanol–water partition coefficient (Wildman–Crippen LogP) is 0.706. The lowest BCUT2D eigenvalue weighted by Gasteiger charge is -2.13. The van der Waals surface area contributed by atoms with Gasteiger partial charge in [0, 0.05) is 0 Å². The molecule has 0 unspecified atom stereocenters. The van der Waals surface area contributed by atoms with Gasteiger partial charge in [-0.15, -0.1) is 5.92 Å². The Morgan fingerprint density at radius 2 is 2.10 bits per heavy atom. The topological polar surface area (TPSA) is 43.1 Å². The molecule has 0 saturated carbocycles. The first-order valence-corrected chi connectivity index (χ1v) is 3.20. The van der Waals surface area contributed by atoms with Crippen LogP contribution in [0.3, 0.4) is 0 Å². The first-order chi connectivity index (χ1) is 4.48. The van der Waals surface area contributed by atoms with Gasteiger partial charge < -0.3 is 5.73 Å². The van der Waals surface area contributed by atoms with Crippen LogP contribution in [0.15, 0.2) is 0 Å². The van der Waals surface area contributed by atoms with Crippen LogP contribution in [0.25, 0.3) is 0 Å². The van der Waals surface area contributed by atoms with Crippen molar-refractivity contribution >= 4 is 5.78 Å². The fourth-order valence-corrected chi connectivity index (χ4v) is 0.396. The van der Waals surface area contributed by atoms with Gasteiger partial charge >= 0.3 is 0 Å². The molecule has 0 heterocycles. The molecule has 0 bridgehead atoms. The van der Waals surface area contributed by atoms with E-state index < -0.39 is 5.54 Å². The van der Waals surface area contributed by atoms with E-state index in [1.54, 1.807) is 20.8 Å². The molecule has 0 aromatic heterocycles. The highest BCUT2D eigenvalue weighted by molar-refractivity contribution is 5.89. The molecule has 2 nitrogen and oxygen atoms in total. The average molecular weight is 139 g/mol. The van der Waals surface area contributed by atoms with Crippen molar-refractivity contribution in [3.63, 3.8) is 0 Å². The van der Waals surface area contributed by atoms with E-state index >= 15 is 0 Å². The van der Waals surface area contributed by atoms with Crippen LogP contribution >= 0.6 is 0 Å². The largest absolute Gasteiger partial charge is 0.319 e. The van der Waals surface area contributed by atoms with Gasteiger partial charge in [0.1, 0.15) is 0 Å². The molecule has 0 aliphatic rings. The summed E-state index contributed by atoms with van der Waals surface area (Å²) in [5.41, 5.74) is 4.77. The number of hydrogen-bond donors (Lipinski definition) is 1. The second kappa shape index (κ2) is 3.38. The quantitative estimate of drug-likeness (QED) is 0.572. The van der Waals surface area contributed by atoms with Crippen molar-refractivity contribution in [2.75, 3.05) is 0 Å². The number of ketones is 1. The lowest BCUT2D eigenvalue weighted by molar-refractivity contribution is -0.122. The summed E-state index contributed by atoms with van der Waals surface area (Å²) in [6.45, 7) is 5.08. The average Bonchev–Trinajstić information content (AvgIpc) is 1.80. The second-order valence-corrected chi connectivity index (χ2v) is 2.75. The van der Waals surface area contributed by atoms with Crippen LogP contribution in [0.2, 0.25) is 0 Å². The Balaban J connectivity index is 3.95. The Morgan fingerprint density at radius 1 is 1.60 bits per heavy atom. The van der Waals surface area contributed by atoms with Gasteiger partial charge in [0.2, 0.25) is 0 Å². The summed E-state index contributed by atoms with van der Waals surface area (Å²) in [6, 6.07) is 0. The first kappa shape index (κ1) is 9.19. The third-order valence-electron chi connectivity index (χ3n) is 1.14. The van der Waals surface area contributed by atoms with Crippen LogP contribution in [-0.4, -0.2) is 11.3 Å². The summed E-state index contributed by atoms with van der Waals surface area (Å²) >= 11 is 0. The minimum atomic E-state index is -0.732. The van der Waals surface area contributed by atoms with E-state index in [1.165, 1.54) is 0 Å². The zero-order valence-electron chi connectivity index (χ0n) is 6.69. The lowest BCUT2D eigenvalue weighted by atomic mass is 9.99. The summed E-state index contributed by atoms with van der Waals surface area (Å²) in [5.74, 6) is 5.31. The molecule has 0 saturated heterocycles. The molecular weight excluding hydrogens is 126 g/mol. The molecular formula is C8H13NO. The van der Waals surface area contributed by atoms with Crippen molar-refractivity contribution in [3.8, 4) is 11.8 Å². The smallest absolute Gasteiger partial charge is 0.163 e. The summed E-state index contributed by atoms with van der Waals surface area (Å²) in [4.78, 5) is 11.0. The molecule has 0 aromatic rings. The number of rotatable bonds is 2. The number of carbonyl (C=O) groups is 1. The van der Waals surface area contributed by atoms with Crippen LogP contribution < -0.4 is 5.73 Å². The number of Topliss-reactive ketones (excluding diaryl/α,β-unsaturated/α-hetero) is 1. The molecule has 0 aromatic carbocycles. The molecule has 0 fully saturated rings. The Kier molecular flexibility index (Phi) is 3.11. The minimum absolute atomic E-state index is 0.0122. The predicted molar refractivity (Wildman–Crippen MR) is 41.3 cm³/mol. The standard InChI is InChI=1S/C8H13NO/c1-4-5-6-7(10)8(2,3)9/h6,9H2,1-3H3. The Hall–Kier alpha value is -0.810. The number of hydrogen-bond acceptors (Lipinski definition) is 2. The number of carbonyl (C=O) groups excluding carboxylic acids is 1. The Morgan fingerprint density at radius 3 is 2.40 bits per heavy atom. The zero-order valence-corrected chi connectivity index (χ0v) is 6.69. The van der Waals surface area contributed by atoms with E-state index in [1.807, 2.05) is 0 Å². The fourth-order valence-electron chi connectivity index (χ4n) is 0.396. The van der Waals surface area contributed by atoms with Crippen molar-refractivity contribution in [2.45, 2.75) is 32.7 Å². The molecule has 0 rings (SSSR count). The van der Waals surface area contributed by atoms with Gasteiger partial charge in [0.25, 0.3) is 0 Å². The maximum Gasteiger partial charge on any atom is 0.163 e. The van der Waals surface area contributed by atoms with E-state index in [2.05, 4.69) is 11.8 Å². The molecule has 0 spiro atoms. The van der Waals surface area contributed by atoms with Gasteiger partial charge in [-0.1, -0.05) is 5.92 Å². The molecule has 10 heavy (non-hydrogen) atoms. The summed E-state index contributed by atoms with van der Waals surface area (Å²) < 4.78 is 0. The third-order valence-corrected chi connectivity index (χ3v) is 1.14. The Bertz CT molecular complexity index is 178. The van der Waals surface area contributed by atoms with E-state index in [9.17, 15) is 4.79 Å². The second-order valence-electron chi connectivity index (χ2n) is 2.75. The van der Waals surface area contributed by atoms with E-state index in [4.69, 9.17) is 5.73 Å². The van der Waals surface area contributed by atoms with E-state index in [0.29, 0.717) is 0 Å². The van der Waals surface area contributed by atoms with Crippen LogP contribution in [0, 0.1) is 11.8 Å². The fraction of sp³-hybridized carbons (Fsp3) is 0.625. The van der Waals surface area contributed by atoms with Gasteiger partial charge in [-0.3, -0.25) is 4.79 Å².